The van der Waals surface area contributed by atoms with E-state index in [0.717, 1.165) is 31.1 Å². The van der Waals surface area contributed by atoms with Gasteiger partial charge in [-0.15, -0.1) is 0 Å². The second-order valence-corrected chi connectivity index (χ2v) is 5.84. The van der Waals surface area contributed by atoms with Crippen molar-refractivity contribution >= 4 is 0 Å². The largest absolute Gasteiger partial charge is 0.481 e. The topological polar surface area (TPSA) is 48.8 Å². The monoisotopic (exact) mass is 295 g/mol. The maximum Gasteiger partial charge on any atom is 0.216 e. The van der Waals surface area contributed by atoms with Crippen molar-refractivity contribution in [3.8, 4) is 5.88 Å². The molecule has 0 radical (unpaired) electrons. The summed E-state index contributed by atoms with van der Waals surface area (Å²) in [5.74, 6) is 0.852. The fourth-order valence-electron chi connectivity index (χ4n) is 3.44. The molecular formula is C15H25N3O3. The molecule has 1 aromatic heterocycles. The molecule has 0 unspecified atom stereocenters. The van der Waals surface area contributed by atoms with Crippen LogP contribution < -0.4 is 4.74 Å². The predicted octanol–water partition coefficient (Wildman–Crippen LogP) is 1.46. The third-order valence-electron chi connectivity index (χ3n) is 4.47. The highest BCUT2D eigenvalue weighted by Crippen LogP contribution is 2.29. The number of aryl methyl sites for hydroxylation is 2. The first-order chi connectivity index (χ1) is 10.2. The molecule has 2 aliphatic heterocycles. The Bertz CT molecular complexity index is 483. The number of hydrogen-bond donors (Lipinski definition) is 0. The highest BCUT2D eigenvalue weighted by atomic mass is 16.7. The molecule has 2 fully saturated rings. The van der Waals surface area contributed by atoms with Crippen LogP contribution in [-0.4, -0.2) is 53.9 Å². The molecule has 6 heteroatoms. The van der Waals surface area contributed by atoms with E-state index in [0.29, 0.717) is 19.3 Å². The lowest BCUT2D eigenvalue weighted by Gasteiger charge is -2.37. The van der Waals surface area contributed by atoms with E-state index >= 15 is 0 Å². The molecule has 2 saturated heterocycles. The van der Waals surface area contributed by atoms with Crippen LogP contribution in [0.5, 0.6) is 5.88 Å². The SMILES string of the molecule is COc1c(CN2CCCC[C@H]2C2OCCO2)c(C)nn1C. The summed E-state index contributed by atoms with van der Waals surface area (Å²) >= 11 is 0. The molecular weight excluding hydrogens is 270 g/mol. The molecule has 118 valence electrons. The highest BCUT2D eigenvalue weighted by Gasteiger charge is 2.34. The van der Waals surface area contributed by atoms with E-state index in [1.807, 2.05) is 18.7 Å². The molecule has 6 nitrogen and oxygen atoms in total. The average Bonchev–Trinajstić information content (AvgIpc) is 3.09. The van der Waals surface area contributed by atoms with Gasteiger partial charge in [-0.1, -0.05) is 6.42 Å². The third kappa shape index (κ3) is 2.93. The number of rotatable bonds is 4. The smallest absolute Gasteiger partial charge is 0.216 e. The van der Waals surface area contributed by atoms with Gasteiger partial charge >= 0.3 is 0 Å². The van der Waals surface area contributed by atoms with Crippen LogP contribution in [-0.2, 0) is 23.1 Å². The highest BCUT2D eigenvalue weighted by molar-refractivity contribution is 5.31. The number of aromatic nitrogens is 2. The van der Waals surface area contributed by atoms with Gasteiger partial charge in [-0.05, 0) is 26.3 Å². The molecule has 0 amide bonds. The summed E-state index contributed by atoms with van der Waals surface area (Å²) in [6.07, 6.45) is 3.53. The van der Waals surface area contributed by atoms with Crippen LogP contribution in [0.2, 0.25) is 0 Å². The molecule has 0 spiro atoms. The molecule has 21 heavy (non-hydrogen) atoms. The number of likely N-dealkylation sites (tertiary alicyclic amines) is 1. The van der Waals surface area contributed by atoms with Gasteiger partial charge in [0.05, 0.1) is 37.6 Å². The van der Waals surface area contributed by atoms with Gasteiger partial charge in [-0.3, -0.25) is 4.90 Å². The van der Waals surface area contributed by atoms with Crippen molar-refractivity contribution in [3.05, 3.63) is 11.3 Å². The Hall–Kier alpha value is -1.11. The summed E-state index contributed by atoms with van der Waals surface area (Å²) in [7, 11) is 3.63. The Balaban J connectivity index is 1.78. The van der Waals surface area contributed by atoms with Gasteiger partial charge < -0.3 is 14.2 Å². The van der Waals surface area contributed by atoms with Crippen molar-refractivity contribution in [1.82, 2.24) is 14.7 Å². The maximum absolute atomic E-state index is 5.74. The Kier molecular flexibility index (Phi) is 4.47. The van der Waals surface area contributed by atoms with Gasteiger partial charge in [0.2, 0.25) is 5.88 Å². The fraction of sp³-hybridized carbons (Fsp3) is 0.800. The van der Waals surface area contributed by atoms with E-state index in [1.165, 1.54) is 18.4 Å². The van der Waals surface area contributed by atoms with E-state index in [2.05, 4.69) is 10.00 Å². The fourth-order valence-corrected chi connectivity index (χ4v) is 3.44. The lowest BCUT2D eigenvalue weighted by atomic mass is 10.0. The lowest BCUT2D eigenvalue weighted by Crippen LogP contribution is -2.46. The van der Waals surface area contributed by atoms with Crippen molar-refractivity contribution in [1.29, 1.82) is 0 Å². The first kappa shape index (κ1) is 14.8. The molecule has 0 bridgehead atoms. The van der Waals surface area contributed by atoms with Gasteiger partial charge in [0.15, 0.2) is 6.29 Å². The molecule has 1 atom stereocenters. The predicted molar refractivity (Wildman–Crippen MR) is 78.2 cm³/mol. The normalized spacial score (nSPS) is 24.6. The first-order valence-electron chi connectivity index (χ1n) is 7.74. The van der Waals surface area contributed by atoms with Crippen molar-refractivity contribution < 1.29 is 14.2 Å². The summed E-state index contributed by atoms with van der Waals surface area (Å²) in [4.78, 5) is 2.46. The van der Waals surface area contributed by atoms with E-state index in [9.17, 15) is 0 Å². The minimum absolute atomic E-state index is 0.0757. The van der Waals surface area contributed by atoms with Crippen LogP contribution in [0.3, 0.4) is 0 Å². The Morgan fingerprint density at radius 3 is 2.76 bits per heavy atom. The Morgan fingerprint density at radius 2 is 2.05 bits per heavy atom. The van der Waals surface area contributed by atoms with Crippen molar-refractivity contribution in [2.75, 3.05) is 26.9 Å². The van der Waals surface area contributed by atoms with Crippen molar-refractivity contribution in [2.45, 2.75) is 45.1 Å². The van der Waals surface area contributed by atoms with Crippen LogP contribution in [0.1, 0.15) is 30.5 Å². The summed E-state index contributed by atoms with van der Waals surface area (Å²) in [6, 6.07) is 0.338. The summed E-state index contributed by atoms with van der Waals surface area (Å²) in [5, 5.41) is 4.47. The lowest BCUT2D eigenvalue weighted by molar-refractivity contribution is -0.111. The molecule has 0 N–H and O–H groups in total. The van der Waals surface area contributed by atoms with Crippen molar-refractivity contribution in [2.24, 2.45) is 7.05 Å². The number of methoxy groups -OCH3 is 1. The van der Waals surface area contributed by atoms with E-state index in [4.69, 9.17) is 14.2 Å². The third-order valence-corrected chi connectivity index (χ3v) is 4.47. The number of hydrogen-bond acceptors (Lipinski definition) is 5. The Labute approximate surface area is 126 Å². The van der Waals surface area contributed by atoms with Crippen LogP contribution in [0.4, 0.5) is 0 Å². The Morgan fingerprint density at radius 1 is 1.29 bits per heavy atom. The van der Waals surface area contributed by atoms with Gasteiger partial charge in [0, 0.05) is 13.6 Å². The summed E-state index contributed by atoms with van der Waals surface area (Å²) < 4.78 is 18.8. The van der Waals surface area contributed by atoms with Crippen LogP contribution in [0, 0.1) is 6.92 Å². The molecule has 0 aromatic carbocycles. The minimum atomic E-state index is -0.0757. The van der Waals surface area contributed by atoms with Gasteiger partial charge in [-0.2, -0.15) is 5.10 Å². The molecule has 0 aliphatic carbocycles. The molecule has 2 aliphatic rings. The summed E-state index contributed by atoms with van der Waals surface area (Å²) in [5.41, 5.74) is 2.21. The zero-order valence-corrected chi connectivity index (χ0v) is 13.2. The standard InChI is InChI=1S/C15H25N3O3/c1-11-12(14(19-3)17(2)16-11)10-18-7-5-4-6-13(18)15-20-8-9-21-15/h13,15H,4-10H2,1-3H3/t13-/m0/s1. The van der Waals surface area contributed by atoms with Crippen LogP contribution >= 0.6 is 0 Å². The van der Waals surface area contributed by atoms with Gasteiger partial charge in [-0.25, -0.2) is 4.68 Å². The molecule has 1 aromatic rings. The first-order valence-corrected chi connectivity index (χ1v) is 7.74. The average molecular weight is 295 g/mol. The molecule has 3 rings (SSSR count). The van der Waals surface area contributed by atoms with E-state index < -0.39 is 0 Å². The zero-order chi connectivity index (χ0) is 14.8. The number of ether oxygens (including phenoxy) is 3. The van der Waals surface area contributed by atoms with Crippen LogP contribution in [0.25, 0.3) is 0 Å². The second-order valence-electron chi connectivity index (χ2n) is 5.84. The minimum Gasteiger partial charge on any atom is -0.481 e. The molecule has 0 saturated carbocycles. The number of nitrogens with zero attached hydrogens (tertiary/aromatic N) is 3. The van der Waals surface area contributed by atoms with Crippen LogP contribution in [0.15, 0.2) is 0 Å². The maximum atomic E-state index is 5.74. The zero-order valence-electron chi connectivity index (χ0n) is 13.2. The van der Waals surface area contributed by atoms with Gasteiger partial charge in [0.1, 0.15) is 0 Å². The quantitative estimate of drug-likeness (QED) is 0.842. The summed E-state index contributed by atoms with van der Waals surface area (Å²) in [6.45, 7) is 5.38. The van der Waals surface area contributed by atoms with Gasteiger partial charge in [0.25, 0.3) is 0 Å². The molecule has 3 heterocycles. The second kappa shape index (κ2) is 6.34. The van der Waals surface area contributed by atoms with E-state index in [1.54, 1.807) is 7.11 Å². The van der Waals surface area contributed by atoms with Crippen molar-refractivity contribution in [3.63, 3.8) is 0 Å². The number of piperidine rings is 1. The van der Waals surface area contributed by atoms with E-state index in [-0.39, 0.29) is 6.29 Å².